The number of nitrogens with zero attached hydrogens (tertiary/aromatic N) is 1. The minimum atomic E-state index is -0.372. The van der Waals surface area contributed by atoms with Crippen LogP contribution in [0.15, 0.2) is 37.1 Å². The molecular weight excluding hydrogens is 263 g/mol. The average molecular weight is 286 g/mol. The third-order valence-electron chi connectivity index (χ3n) is 4.20. The Morgan fingerprint density at radius 2 is 1.90 bits per heavy atom. The Hall–Kier alpha value is -1.43. The lowest BCUT2D eigenvalue weighted by Crippen LogP contribution is -2.41. The monoisotopic (exact) mass is 286 g/mol. The van der Waals surface area contributed by atoms with Crippen molar-refractivity contribution in [3.05, 3.63) is 48.2 Å². The number of hydrogen-bond acceptors (Lipinski definition) is 4. The van der Waals surface area contributed by atoms with E-state index in [2.05, 4.69) is 11.6 Å². The lowest BCUT2D eigenvalue weighted by Gasteiger charge is -2.32. The van der Waals surface area contributed by atoms with Crippen molar-refractivity contribution in [2.24, 2.45) is 5.73 Å². The minimum Gasteiger partial charge on any atom is -0.400 e. The third-order valence-corrected chi connectivity index (χ3v) is 4.20. The first-order chi connectivity index (χ1) is 9.77. The molecule has 5 heteroatoms. The predicted molar refractivity (Wildman–Crippen MR) is 86.5 cm³/mol. The fourth-order valence-electron chi connectivity index (χ4n) is 2.14. The molecule has 1 saturated heterocycles. The van der Waals surface area contributed by atoms with E-state index in [1.807, 2.05) is 45.8 Å². The van der Waals surface area contributed by atoms with Crippen molar-refractivity contribution < 1.29 is 9.31 Å². The largest absolute Gasteiger partial charge is 0.487 e. The van der Waals surface area contributed by atoms with Crippen LogP contribution in [-0.2, 0) is 9.31 Å². The second-order valence-electron chi connectivity index (χ2n) is 6.25. The Balaban J connectivity index is 2.18. The SMILES string of the molecule is C=C[C@@H](N)c1ccncc1/C=C/B1OC(C)(C)C(C)(C)O1. The Bertz CT molecular complexity index is 539. The zero-order chi connectivity index (χ0) is 15.7. The van der Waals surface area contributed by atoms with Crippen molar-refractivity contribution in [3.63, 3.8) is 0 Å². The van der Waals surface area contributed by atoms with Crippen molar-refractivity contribution in [3.8, 4) is 0 Å². The molecule has 21 heavy (non-hydrogen) atoms. The predicted octanol–water partition coefficient (Wildman–Crippen LogP) is 2.91. The van der Waals surface area contributed by atoms with Crippen molar-refractivity contribution in [2.45, 2.75) is 44.9 Å². The van der Waals surface area contributed by atoms with Gasteiger partial charge in [-0.05, 0) is 44.9 Å². The van der Waals surface area contributed by atoms with Crippen LogP contribution in [0.1, 0.15) is 44.9 Å². The van der Waals surface area contributed by atoms with Gasteiger partial charge in [0.2, 0.25) is 0 Å². The van der Waals surface area contributed by atoms with E-state index in [1.54, 1.807) is 18.5 Å². The molecule has 2 N–H and O–H groups in total. The van der Waals surface area contributed by atoms with Crippen LogP contribution in [0.25, 0.3) is 6.08 Å². The fourth-order valence-corrected chi connectivity index (χ4v) is 2.14. The number of aromatic nitrogens is 1. The summed E-state index contributed by atoms with van der Waals surface area (Å²) >= 11 is 0. The lowest BCUT2D eigenvalue weighted by atomic mass is 9.88. The molecule has 0 saturated carbocycles. The highest BCUT2D eigenvalue weighted by Crippen LogP contribution is 2.37. The van der Waals surface area contributed by atoms with Crippen molar-refractivity contribution in [2.75, 3.05) is 0 Å². The molecule has 112 valence electrons. The van der Waals surface area contributed by atoms with Gasteiger partial charge in [0.05, 0.1) is 11.2 Å². The molecule has 2 rings (SSSR count). The quantitative estimate of drug-likeness (QED) is 0.683. The maximum Gasteiger partial charge on any atom is 0.487 e. The molecule has 1 aromatic heterocycles. The smallest absolute Gasteiger partial charge is 0.400 e. The van der Waals surface area contributed by atoms with Crippen LogP contribution in [0.5, 0.6) is 0 Å². The Morgan fingerprint density at radius 3 is 2.48 bits per heavy atom. The van der Waals surface area contributed by atoms with Crippen LogP contribution in [0.3, 0.4) is 0 Å². The summed E-state index contributed by atoms with van der Waals surface area (Å²) in [5, 5.41) is 0. The van der Waals surface area contributed by atoms with Gasteiger partial charge in [-0.25, -0.2) is 0 Å². The normalized spacial score (nSPS) is 21.7. The van der Waals surface area contributed by atoms with E-state index in [9.17, 15) is 0 Å². The third kappa shape index (κ3) is 3.26. The highest BCUT2D eigenvalue weighted by Gasteiger charge is 2.49. The van der Waals surface area contributed by atoms with E-state index in [4.69, 9.17) is 15.0 Å². The Morgan fingerprint density at radius 1 is 1.29 bits per heavy atom. The molecule has 0 aliphatic carbocycles. The van der Waals surface area contributed by atoms with Crippen molar-refractivity contribution >= 4 is 13.2 Å². The summed E-state index contributed by atoms with van der Waals surface area (Å²) in [6.45, 7) is 11.9. The summed E-state index contributed by atoms with van der Waals surface area (Å²) in [5.74, 6) is 1.90. The maximum atomic E-state index is 6.02. The second kappa shape index (κ2) is 5.75. The molecule has 1 aromatic rings. The molecule has 0 radical (unpaired) electrons. The highest BCUT2D eigenvalue weighted by atomic mass is 16.7. The van der Waals surface area contributed by atoms with Crippen molar-refractivity contribution in [1.82, 2.24) is 4.98 Å². The molecule has 0 amide bonds. The van der Waals surface area contributed by atoms with E-state index in [0.717, 1.165) is 11.1 Å². The molecule has 1 aliphatic rings. The van der Waals surface area contributed by atoms with Gasteiger partial charge in [-0.15, -0.1) is 6.58 Å². The van der Waals surface area contributed by atoms with E-state index in [1.165, 1.54) is 0 Å². The van der Waals surface area contributed by atoms with Crippen LogP contribution >= 0.6 is 0 Å². The van der Waals surface area contributed by atoms with E-state index in [0.29, 0.717) is 0 Å². The van der Waals surface area contributed by atoms with Gasteiger partial charge in [0, 0.05) is 18.4 Å². The topological polar surface area (TPSA) is 57.4 Å². The zero-order valence-corrected chi connectivity index (χ0v) is 13.2. The summed E-state index contributed by atoms with van der Waals surface area (Å²) in [4.78, 5) is 4.14. The standard InChI is InChI=1S/C16H23BN2O2/c1-6-14(18)13-8-10-19-11-12(13)7-9-17-20-15(2,3)16(4,5)21-17/h6-11,14H,1,18H2,2-5H3/b9-7+/t14-/m1/s1. The van der Waals surface area contributed by atoms with Gasteiger partial charge in [0.15, 0.2) is 0 Å². The molecule has 4 nitrogen and oxygen atoms in total. The van der Waals surface area contributed by atoms with Gasteiger partial charge in [0.1, 0.15) is 0 Å². The number of rotatable bonds is 4. The van der Waals surface area contributed by atoms with Gasteiger partial charge >= 0.3 is 7.12 Å². The first kappa shape index (κ1) is 16.0. The molecule has 1 atom stereocenters. The first-order valence-electron chi connectivity index (χ1n) is 7.13. The van der Waals surface area contributed by atoms with Crippen LogP contribution in [-0.4, -0.2) is 23.3 Å². The molecule has 0 aromatic carbocycles. The number of hydrogen-bond donors (Lipinski definition) is 1. The van der Waals surface area contributed by atoms with Crippen LogP contribution in [0.4, 0.5) is 0 Å². The first-order valence-corrected chi connectivity index (χ1v) is 7.13. The average Bonchev–Trinajstić information content (AvgIpc) is 2.64. The van der Waals surface area contributed by atoms with E-state index < -0.39 is 0 Å². The van der Waals surface area contributed by atoms with Crippen LogP contribution < -0.4 is 5.73 Å². The van der Waals surface area contributed by atoms with E-state index >= 15 is 0 Å². The van der Waals surface area contributed by atoms with Gasteiger partial charge in [0.25, 0.3) is 0 Å². The summed E-state index contributed by atoms with van der Waals surface area (Å²) in [6.07, 6.45) is 7.15. The molecule has 0 unspecified atom stereocenters. The van der Waals surface area contributed by atoms with Gasteiger partial charge in [-0.2, -0.15) is 0 Å². The Labute approximate surface area is 127 Å². The Kier molecular flexibility index (Phi) is 4.37. The van der Waals surface area contributed by atoms with Gasteiger partial charge in [-0.3, -0.25) is 4.98 Å². The molecule has 1 fully saturated rings. The molecular formula is C16H23BN2O2. The van der Waals surface area contributed by atoms with Crippen molar-refractivity contribution in [1.29, 1.82) is 0 Å². The molecule has 2 heterocycles. The summed E-state index contributed by atoms with van der Waals surface area (Å²) in [7, 11) is -0.372. The second-order valence-corrected chi connectivity index (χ2v) is 6.25. The fraction of sp³-hybridized carbons (Fsp3) is 0.438. The minimum absolute atomic E-state index is 0.217. The van der Waals surface area contributed by atoms with Crippen LogP contribution in [0.2, 0.25) is 0 Å². The van der Waals surface area contributed by atoms with E-state index in [-0.39, 0.29) is 24.4 Å². The molecule has 0 spiro atoms. The zero-order valence-electron chi connectivity index (χ0n) is 13.2. The van der Waals surface area contributed by atoms with Gasteiger partial charge in [-0.1, -0.05) is 18.1 Å². The number of nitrogens with two attached hydrogens (primary N) is 1. The van der Waals surface area contributed by atoms with Crippen LogP contribution in [0, 0.1) is 0 Å². The van der Waals surface area contributed by atoms with Gasteiger partial charge < -0.3 is 15.0 Å². The maximum absolute atomic E-state index is 6.02. The molecule has 1 aliphatic heterocycles. The summed E-state index contributed by atoms with van der Waals surface area (Å²) in [5.41, 5.74) is 7.27. The summed E-state index contributed by atoms with van der Waals surface area (Å²) < 4.78 is 11.9. The highest BCUT2D eigenvalue weighted by molar-refractivity contribution is 6.52. The lowest BCUT2D eigenvalue weighted by molar-refractivity contribution is 0.00578. The molecule has 0 bridgehead atoms. The number of pyridine rings is 1. The summed E-state index contributed by atoms with van der Waals surface area (Å²) in [6, 6.07) is 1.68.